The zero-order valence-corrected chi connectivity index (χ0v) is 16.9. The van der Waals surface area contributed by atoms with Crippen LogP contribution in [-0.2, 0) is 6.42 Å². The number of aryl methyl sites for hydroxylation is 1. The largest absolute Gasteiger partial charge is 0.359 e. The number of benzene rings is 1. The van der Waals surface area contributed by atoms with Gasteiger partial charge in [-0.25, -0.2) is 0 Å². The Morgan fingerprint density at radius 2 is 1.65 bits per heavy atom. The van der Waals surface area contributed by atoms with Gasteiger partial charge in [0.2, 0.25) is 0 Å². The van der Waals surface area contributed by atoms with Crippen molar-refractivity contribution in [3.8, 4) is 0 Å². The van der Waals surface area contributed by atoms with Crippen molar-refractivity contribution in [1.29, 1.82) is 0 Å². The highest BCUT2D eigenvalue weighted by molar-refractivity contribution is 7.80. The van der Waals surface area contributed by atoms with Gasteiger partial charge in [0, 0.05) is 24.6 Å². The number of thiocarbonyl (C=S) groups is 1. The molecule has 2 bridgehead atoms. The van der Waals surface area contributed by atoms with Crippen LogP contribution in [0.25, 0.3) is 0 Å². The first-order valence-electron chi connectivity index (χ1n) is 10.8. The fourth-order valence-electron chi connectivity index (χ4n) is 5.91. The van der Waals surface area contributed by atoms with Gasteiger partial charge in [0.25, 0.3) is 0 Å². The fourth-order valence-corrected chi connectivity index (χ4v) is 6.18. The molecule has 26 heavy (non-hydrogen) atoms. The summed E-state index contributed by atoms with van der Waals surface area (Å²) in [7, 11) is 0. The molecule has 2 heterocycles. The van der Waals surface area contributed by atoms with E-state index >= 15 is 0 Å². The van der Waals surface area contributed by atoms with Gasteiger partial charge in [0.1, 0.15) is 0 Å². The molecule has 3 fully saturated rings. The smallest absolute Gasteiger partial charge is 0.171 e. The van der Waals surface area contributed by atoms with Crippen molar-refractivity contribution in [2.24, 2.45) is 0 Å². The van der Waals surface area contributed by atoms with Gasteiger partial charge in [-0.3, -0.25) is 0 Å². The topological polar surface area (TPSA) is 28.5 Å². The molecule has 1 aromatic rings. The Balaban J connectivity index is 1.36. The number of hydrogen-bond donors (Lipinski definition) is 3. The minimum Gasteiger partial charge on any atom is -0.359 e. The van der Waals surface area contributed by atoms with Crippen LogP contribution in [0.1, 0.15) is 70.3 Å². The van der Waals surface area contributed by atoms with Gasteiger partial charge in [-0.05, 0) is 75.2 Å². The molecule has 3 aliphatic rings. The maximum atomic E-state index is 5.66. The van der Waals surface area contributed by atoms with Crippen molar-refractivity contribution in [3.63, 3.8) is 0 Å². The maximum absolute atomic E-state index is 5.66. The molecule has 4 heteroatoms. The Morgan fingerprint density at radius 1 is 1.00 bits per heavy atom. The van der Waals surface area contributed by atoms with E-state index in [1.54, 1.807) is 0 Å². The lowest BCUT2D eigenvalue weighted by atomic mass is 9.80. The number of anilines is 1. The SMILES string of the molecule is CCc1ccccc1NC(=S)NC1C[C@H]2CCC[C@H](C1)[NH+]2C1CCCC1. The summed E-state index contributed by atoms with van der Waals surface area (Å²) in [6, 6.07) is 11.7. The summed E-state index contributed by atoms with van der Waals surface area (Å²) in [5, 5.41) is 7.92. The fraction of sp³-hybridized carbons (Fsp3) is 0.682. The highest BCUT2D eigenvalue weighted by Gasteiger charge is 2.45. The number of nitrogens with one attached hydrogen (secondary N) is 3. The van der Waals surface area contributed by atoms with E-state index in [-0.39, 0.29) is 0 Å². The Labute approximate surface area is 163 Å². The van der Waals surface area contributed by atoms with Crippen molar-refractivity contribution in [2.75, 3.05) is 5.32 Å². The van der Waals surface area contributed by atoms with Gasteiger partial charge < -0.3 is 15.5 Å². The predicted molar refractivity (Wildman–Crippen MR) is 113 cm³/mol. The van der Waals surface area contributed by atoms with E-state index in [4.69, 9.17) is 12.2 Å². The van der Waals surface area contributed by atoms with E-state index in [9.17, 15) is 0 Å². The molecular formula is C22H34N3S+. The second-order valence-corrected chi connectivity index (χ2v) is 8.99. The highest BCUT2D eigenvalue weighted by Crippen LogP contribution is 2.26. The number of hydrogen-bond acceptors (Lipinski definition) is 1. The van der Waals surface area contributed by atoms with Crippen LogP contribution in [-0.4, -0.2) is 29.3 Å². The van der Waals surface area contributed by atoms with Crippen molar-refractivity contribution in [2.45, 2.75) is 95.3 Å². The lowest BCUT2D eigenvalue weighted by Gasteiger charge is -2.48. The molecule has 3 nitrogen and oxygen atoms in total. The summed E-state index contributed by atoms with van der Waals surface area (Å²) < 4.78 is 0. The zero-order valence-electron chi connectivity index (χ0n) is 16.1. The van der Waals surface area contributed by atoms with E-state index in [2.05, 4.69) is 41.8 Å². The molecule has 142 valence electrons. The van der Waals surface area contributed by atoms with E-state index in [1.165, 1.54) is 63.4 Å². The van der Waals surface area contributed by atoms with Crippen LogP contribution in [0, 0.1) is 0 Å². The third-order valence-electron chi connectivity index (χ3n) is 6.99. The third kappa shape index (κ3) is 3.91. The van der Waals surface area contributed by atoms with Crippen molar-refractivity contribution >= 4 is 23.0 Å². The normalized spacial score (nSPS) is 31.6. The van der Waals surface area contributed by atoms with E-state index in [1.807, 2.05) is 4.90 Å². The van der Waals surface area contributed by atoms with Crippen LogP contribution >= 0.6 is 12.2 Å². The predicted octanol–water partition coefficient (Wildman–Crippen LogP) is 3.45. The van der Waals surface area contributed by atoms with Gasteiger partial charge in [0.05, 0.1) is 18.1 Å². The van der Waals surface area contributed by atoms with Crippen LogP contribution in [0.2, 0.25) is 0 Å². The molecule has 0 amide bonds. The first-order valence-corrected chi connectivity index (χ1v) is 11.2. The molecule has 0 unspecified atom stereocenters. The first-order chi connectivity index (χ1) is 12.7. The lowest BCUT2D eigenvalue weighted by Crippen LogP contribution is -3.24. The molecule has 4 rings (SSSR count). The average molecular weight is 373 g/mol. The summed E-state index contributed by atoms with van der Waals surface area (Å²) in [6.07, 6.45) is 13.7. The third-order valence-corrected chi connectivity index (χ3v) is 7.21. The Kier molecular flexibility index (Phi) is 5.80. The summed E-state index contributed by atoms with van der Waals surface area (Å²) in [5.41, 5.74) is 2.48. The molecule has 3 N–H and O–H groups in total. The van der Waals surface area contributed by atoms with Gasteiger partial charge in [-0.15, -0.1) is 0 Å². The Morgan fingerprint density at radius 3 is 2.35 bits per heavy atom. The van der Waals surface area contributed by atoms with Crippen molar-refractivity contribution < 1.29 is 4.90 Å². The lowest BCUT2D eigenvalue weighted by molar-refractivity contribution is -0.982. The number of quaternary nitrogens is 1. The number of para-hydroxylation sites is 1. The summed E-state index contributed by atoms with van der Waals surface area (Å²) in [5.74, 6) is 0. The van der Waals surface area contributed by atoms with Crippen LogP contribution in [0.4, 0.5) is 5.69 Å². The van der Waals surface area contributed by atoms with Crippen molar-refractivity contribution in [3.05, 3.63) is 29.8 Å². The molecule has 1 aromatic carbocycles. The quantitative estimate of drug-likeness (QED) is 0.707. The minimum atomic E-state index is 0.546. The molecule has 2 atom stereocenters. The van der Waals surface area contributed by atoms with Crippen molar-refractivity contribution in [1.82, 2.24) is 5.32 Å². The number of fused-ring (bicyclic) bond motifs is 2. The molecule has 1 aliphatic carbocycles. The second-order valence-electron chi connectivity index (χ2n) is 8.58. The Bertz CT molecular complexity index is 612. The minimum absolute atomic E-state index is 0.546. The average Bonchev–Trinajstić information content (AvgIpc) is 3.15. The van der Waals surface area contributed by atoms with Gasteiger partial charge in [-0.1, -0.05) is 25.1 Å². The van der Waals surface area contributed by atoms with Crippen LogP contribution in [0.3, 0.4) is 0 Å². The monoisotopic (exact) mass is 372 g/mol. The number of rotatable bonds is 4. The van der Waals surface area contributed by atoms with Gasteiger partial charge in [0.15, 0.2) is 5.11 Å². The standard InChI is InChI=1S/C22H33N3S/c1-2-16-8-3-6-13-21(16)24-22(26)23-17-14-19-11-7-12-20(15-17)25(19)18-9-4-5-10-18/h3,6,8,13,17-20H,2,4-5,7,9-12,14-15H2,1H3,(H2,23,24,26)/p+1/t19-,20-/m1/s1. The summed E-state index contributed by atoms with van der Waals surface area (Å²) in [4.78, 5) is 1.97. The van der Waals surface area contributed by atoms with Crippen LogP contribution in [0.15, 0.2) is 24.3 Å². The molecule has 2 saturated heterocycles. The summed E-state index contributed by atoms with van der Waals surface area (Å²) in [6.45, 7) is 2.19. The van der Waals surface area contributed by atoms with Gasteiger partial charge in [-0.2, -0.15) is 0 Å². The van der Waals surface area contributed by atoms with Crippen LogP contribution < -0.4 is 15.5 Å². The second kappa shape index (κ2) is 8.26. The van der Waals surface area contributed by atoms with E-state index in [0.29, 0.717) is 6.04 Å². The summed E-state index contributed by atoms with van der Waals surface area (Å²) >= 11 is 5.66. The molecule has 0 aromatic heterocycles. The number of piperidine rings is 2. The zero-order chi connectivity index (χ0) is 17.9. The first kappa shape index (κ1) is 18.2. The molecule has 0 radical (unpaired) electrons. The van der Waals surface area contributed by atoms with Gasteiger partial charge >= 0.3 is 0 Å². The van der Waals surface area contributed by atoms with E-state index in [0.717, 1.165) is 35.3 Å². The Hall–Kier alpha value is -1.13. The van der Waals surface area contributed by atoms with Crippen LogP contribution in [0.5, 0.6) is 0 Å². The molecule has 2 aliphatic heterocycles. The highest BCUT2D eigenvalue weighted by atomic mass is 32.1. The maximum Gasteiger partial charge on any atom is 0.171 e. The molecular weight excluding hydrogens is 338 g/mol. The molecule has 1 saturated carbocycles. The van der Waals surface area contributed by atoms with E-state index < -0.39 is 0 Å². The molecule has 0 spiro atoms.